The molecule has 0 spiro atoms. The Morgan fingerprint density at radius 2 is 1.63 bits per heavy atom. The highest BCUT2D eigenvalue weighted by Gasteiger charge is 2.08. The van der Waals surface area contributed by atoms with Crippen LogP contribution in [0.1, 0.15) is 28.2 Å². The largest absolute Gasteiger partial charge is 0.352 e. The molecule has 0 fully saturated rings. The average molecular weight is 363 g/mol. The second-order valence-corrected chi connectivity index (χ2v) is 6.22. The Bertz CT molecular complexity index is 967. The molecule has 1 aromatic heterocycles. The zero-order valence-corrected chi connectivity index (χ0v) is 15.2. The molecular weight excluding hydrogens is 342 g/mol. The minimum Gasteiger partial charge on any atom is -0.352 e. The summed E-state index contributed by atoms with van der Waals surface area (Å²) in [5.41, 5.74) is 7.39. The van der Waals surface area contributed by atoms with Crippen molar-refractivity contribution in [3.63, 3.8) is 0 Å². The van der Waals surface area contributed by atoms with Crippen LogP contribution in [-0.4, -0.2) is 28.3 Å². The predicted molar refractivity (Wildman–Crippen MR) is 104 cm³/mol. The van der Waals surface area contributed by atoms with Gasteiger partial charge in [-0.1, -0.05) is 30.3 Å². The van der Waals surface area contributed by atoms with Crippen LogP contribution in [0.3, 0.4) is 0 Å². The van der Waals surface area contributed by atoms with E-state index in [2.05, 4.69) is 26.1 Å². The van der Waals surface area contributed by atoms with Crippen molar-refractivity contribution in [1.82, 2.24) is 20.7 Å². The molecule has 3 N–H and O–H groups in total. The van der Waals surface area contributed by atoms with E-state index in [-0.39, 0.29) is 24.8 Å². The van der Waals surface area contributed by atoms with Crippen molar-refractivity contribution >= 4 is 28.5 Å². The first-order chi connectivity index (χ1) is 13.0. The summed E-state index contributed by atoms with van der Waals surface area (Å²) >= 11 is 0. The highest BCUT2D eigenvalue weighted by Crippen LogP contribution is 2.15. The monoisotopic (exact) mass is 363 g/mol. The van der Waals surface area contributed by atoms with Gasteiger partial charge in [-0.15, -0.1) is 0 Å². The van der Waals surface area contributed by atoms with Crippen molar-refractivity contribution in [2.45, 2.75) is 20.3 Å². The number of carbonyl (C=O) groups excluding carboxylic acids is 2. The number of aryl methyl sites for hydroxylation is 2. The molecule has 3 rings (SSSR count). The smallest absolute Gasteiger partial charge is 0.251 e. The van der Waals surface area contributed by atoms with Crippen LogP contribution < -0.4 is 16.2 Å². The second kappa shape index (κ2) is 8.27. The van der Waals surface area contributed by atoms with Gasteiger partial charge in [0.25, 0.3) is 5.91 Å². The van der Waals surface area contributed by atoms with E-state index >= 15 is 0 Å². The maximum atomic E-state index is 12.2. The lowest BCUT2D eigenvalue weighted by molar-refractivity contribution is -0.120. The Kier molecular flexibility index (Phi) is 5.61. The number of amides is 2. The summed E-state index contributed by atoms with van der Waals surface area (Å²) in [5.74, 6) is -0.142. The molecule has 1 heterocycles. The molecule has 0 bridgehead atoms. The number of benzene rings is 2. The number of hydrogen-bond donors (Lipinski definition) is 3. The summed E-state index contributed by atoms with van der Waals surface area (Å²) in [5, 5.41) is 4.83. The zero-order valence-electron chi connectivity index (χ0n) is 15.2. The summed E-state index contributed by atoms with van der Waals surface area (Å²) in [4.78, 5) is 32.5. The summed E-state index contributed by atoms with van der Waals surface area (Å²) in [6.45, 7) is 3.93. The van der Waals surface area contributed by atoms with Crippen molar-refractivity contribution in [2.75, 3.05) is 12.0 Å². The van der Waals surface area contributed by atoms with E-state index in [1.165, 1.54) is 0 Å². The molecule has 2 amide bonds. The molecule has 0 unspecified atom stereocenters. The molecule has 27 heavy (non-hydrogen) atoms. The number of nitrogens with one attached hydrogen (secondary N) is 3. The lowest BCUT2D eigenvalue weighted by Gasteiger charge is -2.09. The Morgan fingerprint density at radius 3 is 2.37 bits per heavy atom. The van der Waals surface area contributed by atoms with Crippen molar-refractivity contribution in [1.29, 1.82) is 0 Å². The van der Waals surface area contributed by atoms with Crippen LogP contribution in [0.2, 0.25) is 0 Å². The standard InChI is InChI=1S/C20H21N5O2/c1-13-11-14(2)23-20(22-13)25-24-18(26)9-10-21-19(27)17-8-7-15-5-3-4-6-16(15)12-17/h3-8,11-12H,9-10H2,1-2H3,(H,21,27)(H,24,26)(H,22,23,25). The van der Waals surface area contributed by atoms with Gasteiger partial charge < -0.3 is 5.32 Å². The predicted octanol–water partition coefficient (Wildman–Crippen LogP) is 2.51. The van der Waals surface area contributed by atoms with Crippen molar-refractivity contribution in [3.05, 3.63) is 65.5 Å². The van der Waals surface area contributed by atoms with Crippen LogP contribution in [0, 0.1) is 13.8 Å². The molecule has 3 aromatic rings. The summed E-state index contributed by atoms with van der Waals surface area (Å²) in [7, 11) is 0. The number of anilines is 1. The van der Waals surface area contributed by atoms with Gasteiger partial charge in [0, 0.05) is 29.9 Å². The molecule has 0 aliphatic carbocycles. The van der Waals surface area contributed by atoms with Crippen molar-refractivity contribution in [2.24, 2.45) is 0 Å². The third-order valence-corrected chi connectivity index (χ3v) is 3.95. The van der Waals surface area contributed by atoms with Gasteiger partial charge in [0.2, 0.25) is 11.9 Å². The normalized spacial score (nSPS) is 10.4. The first kappa shape index (κ1) is 18.3. The molecule has 0 aliphatic heterocycles. The fourth-order valence-corrected chi connectivity index (χ4v) is 2.69. The molecule has 0 radical (unpaired) electrons. The lowest BCUT2D eigenvalue weighted by atomic mass is 10.1. The van der Waals surface area contributed by atoms with E-state index in [0.29, 0.717) is 11.5 Å². The quantitative estimate of drug-likeness (QED) is 0.585. The van der Waals surface area contributed by atoms with Crippen LogP contribution in [0.25, 0.3) is 10.8 Å². The highest BCUT2D eigenvalue weighted by molar-refractivity contribution is 5.98. The van der Waals surface area contributed by atoms with Gasteiger partial charge in [-0.05, 0) is 42.8 Å². The molecule has 7 heteroatoms. The average Bonchev–Trinajstić information content (AvgIpc) is 2.65. The van der Waals surface area contributed by atoms with E-state index in [1.807, 2.05) is 56.3 Å². The minimum atomic E-state index is -0.267. The minimum absolute atomic E-state index is 0.136. The van der Waals surface area contributed by atoms with Crippen LogP contribution in [0.15, 0.2) is 48.5 Å². The molecule has 0 saturated heterocycles. The molecular formula is C20H21N5O2. The van der Waals surface area contributed by atoms with Crippen molar-refractivity contribution in [3.8, 4) is 0 Å². The van der Waals surface area contributed by atoms with Gasteiger partial charge in [-0.25, -0.2) is 9.97 Å². The third kappa shape index (κ3) is 5.01. The Labute approximate surface area is 157 Å². The van der Waals surface area contributed by atoms with Crippen LogP contribution >= 0.6 is 0 Å². The molecule has 0 aliphatic rings. The summed E-state index contributed by atoms with van der Waals surface area (Å²) in [6, 6.07) is 15.2. The number of rotatable bonds is 6. The van der Waals surface area contributed by atoms with Gasteiger partial charge >= 0.3 is 0 Å². The zero-order chi connectivity index (χ0) is 19.2. The third-order valence-electron chi connectivity index (χ3n) is 3.95. The fourth-order valence-electron chi connectivity index (χ4n) is 2.69. The molecule has 2 aromatic carbocycles. The van der Waals surface area contributed by atoms with Gasteiger partial charge in [0.05, 0.1) is 0 Å². The Morgan fingerprint density at radius 1 is 0.926 bits per heavy atom. The topological polar surface area (TPSA) is 96.0 Å². The highest BCUT2D eigenvalue weighted by atomic mass is 16.2. The Hall–Kier alpha value is -3.48. The summed E-state index contributed by atoms with van der Waals surface area (Å²) < 4.78 is 0. The SMILES string of the molecule is Cc1cc(C)nc(NNC(=O)CCNC(=O)c2ccc3ccccc3c2)n1. The van der Waals surface area contributed by atoms with Crippen LogP contribution in [-0.2, 0) is 4.79 Å². The lowest BCUT2D eigenvalue weighted by Crippen LogP contribution is -2.34. The number of fused-ring (bicyclic) bond motifs is 1. The van der Waals surface area contributed by atoms with Crippen LogP contribution in [0.5, 0.6) is 0 Å². The van der Waals surface area contributed by atoms with E-state index in [0.717, 1.165) is 22.2 Å². The number of aromatic nitrogens is 2. The van der Waals surface area contributed by atoms with Gasteiger partial charge in [0.1, 0.15) is 0 Å². The second-order valence-electron chi connectivity index (χ2n) is 6.22. The van der Waals surface area contributed by atoms with Gasteiger partial charge in [-0.3, -0.25) is 20.4 Å². The number of nitrogens with zero attached hydrogens (tertiary/aromatic N) is 2. The summed E-state index contributed by atoms with van der Waals surface area (Å²) in [6.07, 6.45) is 0.136. The number of hydrogen-bond acceptors (Lipinski definition) is 5. The van der Waals surface area contributed by atoms with Crippen LogP contribution in [0.4, 0.5) is 5.95 Å². The van der Waals surface area contributed by atoms with E-state index in [1.54, 1.807) is 6.07 Å². The van der Waals surface area contributed by atoms with Crippen molar-refractivity contribution < 1.29 is 9.59 Å². The maximum absolute atomic E-state index is 12.2. The van der Waals surface area contributed by atoms with E-state index < -0.39 is 0 Å². The number of carbonyl (C=O) groups is 2. The maximum Gasteiger partial charge on any atom is 0.251 e. The Balaban J connectivity index is 1.46. The molecule has 0 saturated carbocycles. The van der Waals surface area contributed by atoms with Gasteiger partial charge in [0.15, 0.2) is 0 Å². The molecule has 7 nitrogen and oxygen atoms in total. The van der Waals surface area contributed by atoms with E-state index in [9.17, 15) is 9.59 Å². The van der Waals surface area contributed by atoms with E-state index in [4.69, 9.17) is 0 Å². The molecule has 138 valence electrons. The molecule has 0 atom stereocenters. The first-order valence-corrected chi connectivity index (χ1v) is 8.65. The fraction of sp³-hybridized carbons (Fsp3) is 0.200. The number of hydrazine groups is 1. The van der Waals surface area contributed by atoms with Gasteiger partial charge in [-0.2, -0.15) is 0 Å². The first-order valence-electron chi connectivity index (χ1n) is 8.65.